The second-order valence-electron chi connectivity index (χ2n) is 7.49. The molecule has 6 nitrogen and oxygen atoms in total. The Morgan fingerprint density at radius 1 is 1.36 bits per heavy atom. The number of aryl methyl sites for hydroxylation is 1. The first-order chi connectivity index (χ1) is 13.6. The zero-order valence-corrected chi connectivity index (χ0v) is 17.3. The van der Waals surface area contributed by atoms with E-state index in [4.69, 9.17) is 4.74 Å². The van der Waals surface area contributed by atoms with Gasteiger partial charge in [-0.25, -0.2) is 0 Å². The number of ether oxygens (including phenoxy) is 1. The molecule has 1 N–H and O–H groups in total. The fourth-order valence-corrected chi connectivity index (χ4v) is 3.87. The monoisotopic (exact) mass is 384 g/mol. The fourth-order valence-electron chi connectivity index (χ4n) is 3.87. The lowest BCUT2D eigenvalue weighted by molar-refractivity contribution is 0.0777. The summed E-state index contributed by atoms with van der Waals surface area (Å²) in [6.45, 7) is 5.11. The molecule has 0 aliphatic heterocycles. The lowest BCUT2D eigenvalue weighted by atomic mass is 9.91. The summed E-state index contributed by atoms with van der Waals surface area (Å²) in [5.74, 6) is -0.00213. The summed E-state index contributed by atoms with van der Waals surface area (Å²) in [6, 6.07) is 10.5. The van der Waals surface area contributed by atoms with E-state index in [1.165, 1.54) is 5.69 Å². The summed E-state index contributed by atoms with van der Waals surface area (Å²) < 4.78 is 7.30. The van der Waals surface area contributed by atoms with E-state index < -0.39 is 0 Å². The lowest BCUT2D eigenvalue weighted by Gasteiger charge is -2.25. The topological polar surface area (TPSA) is 59.4 Å². The van der Waals surface area contributed by atoms with Crippen LogP contribution in [0.2, 0.25) is 0 Å². The van der Waals surface area contributed by atoms with Crippen molar-refractivity contribution in [2.45, 2.75) is 45.2 Å². The highest BCUT2D eigenvalue weighted by Crippen LogP contribution is 2.25. The van der Waals surface area contributed by atoms with Gasteiger partial charge in [-0.2, -0.15) is 5.10 Å². The molecule has 1 aromatic heterocycles. The highest BCUT2D eigenvalue weighted by molar-refractivity contribution is 5.94. The second-order valence-corrected chi connectivity index (χ2v) is 7.49. The molecule has 0 saturated heterocycles. The summed E-state index contributed by atoms with van der Waals surface area (Å²) in [5, 5.41) is 8.21. The van der Waals surface area contributed by atoms with Gasteiger partial charge in [0.2, 0.25) is 0 Å². The zero-order valence-electron chi connectivity index (χ0n) is 17.3. The van der Waals surface area contributed by atoms with E-state index in [9.17, 15) is 4.79 Å². The van der Waals surface area contributed by atoms with Crippen molar-refractivity contribution in [1.29, 1.82) is 0 Å². The van der Waals surface area contributed by atoms with Crippen LogP contribution in [0.5, 0.6) is 0 Å². The predicted octanol–water partition coefficient (Wildman–Crippen LogP) is 2.57. The number of nitrogens with one attached hydrogen (secondary N) is 1. The van der Waals surface area contributed by atoms with E-state index in [-0.39, 0.29) is 5.91 Å². The van der Waals surface area contributed by atoms with Crippen molar-refractivity contribution < 1.29 is 9.53 Å². The number of hydrogen-bond acceptors (Lipinski definition) is 4. The minimum atomic E-state index is -0.00213. The zero-order chi connectivity index (χ0) is 19.9. The van der Waals surface area contributed by atoms with E-state index in [0.717, 1.165) is 56.6 Å². The van der Waals surface area contributed by atoms with Crippen LogP contribution in [0, 0.1) is 0 Å². The Morgan fingerprint density at radius 3 is 2.89 bits per heavy atom. The molecule has 1 heterocycles. The van der Waals surface area contributed by atoms with Crippen LogP contribution in [0.4, 0.5) is 0 Å². The Bertz CT molecular complexity index is 772. The van der Waals surface area contributed by atoms with Crippen LogP contribution in [0.1, 0.15) is 47.1 Å². The molecule has 1 amide bonds. The SMILES string of the molecule is CCOCCCN[C@@H]1CCc2c(c(C(=O)N(C)Cc3ccccc3)nn2C)C1. The Labute approximate surface area is 167 Å². The van der Waals surface area contributed by atoms with Crippen molar-refractivity contribution >= 4 is 5.91 Å². The molecule has 28 heavy (non-hydrogen) atoms. The first-order valence-corrected chi connectivity index (χ1v) is 10.3. The fraction of sp³-hybridized carbons (Fsp3) is 0.545. The average molecular weight is 385 g/mol. The molecular weight excluding hydrogens is 352 g/mol. The normalized spacial score (nSPS) is 16.0. The number of amides is 1. The molecule has 6 heteroatoms. The van der Waals surface area contributed by atoms with Crippen molar-refractivity contribution in [1.82, 2.24) is 20.0 Å². The Hall–Kier alpha value is -2.18. The first-order valence-electron chi connectivity index (χ1n) is 10.3. The summed E-state index contributed by atoms with van der Waals surface area (Å²) in [4.78, 5) is 14.8. The van der Waals surface area contributed by atoms with Crippen molar-refractivity contribution in [3.05, 3.63) is 52.8 Å². The Balaban J connectivity index is 1.64. The third-order valence-corrected chi connectivity index (χ3v) is 5.37. The van der Waals surface area contributed by atoms with Gasteiger partial charge in [-0.15, -0.1) is 0 Å². The number of benzene rings is 1. The molecule has 2 aromatic rings. The maximum atomic E-state index is 13.1. The van der Waals surface area contributed by atoms with Gasteiger partial charge in [-0.05, 0) is 44.7 Å². The molecule has 0 saturated carbocycles. The van der Waals surface area contributed by atoms with Crippen LogP contribution in [0.15, 0.2) is 30.3 Å². The van der Waals surface area contributed by atoms with Crippen molar-refractivity contribution in [3.8, 4) is 0 Å². The van der Waals surface area contributed by atoms with E-state index in [1.54, 1.807) is 4.90 Å². The molecule has 3 rings (SSSR count). The Morgan fingerprint density at radius 2 is 2.14 bits per heavy atom. The summed E-state index contributed by atoms with van der Waals surface area (Å²) in [5.41, 5.74) is 4.04. The van der Waals surface area contributed by atoms with Gasteiger partial charge in [0.15, 0.2) is 5.69 Å². The van der Waals surface area contributed by atoms with Gasteiger partial charge >= 0.3 is 0 Å². The molecule has 1 atom stereocenters. The molecule has 152 valence electrons. The molecule has 1 aliphatic carbocycles. The maximum Gasteiger partial charge on any atom is 0.274 e. The summed E-state index contributed by atoms with van der Waals surface area (Å²) in [7, 11) is 3.80. The minimum Gasteiger partial charge on any atom is -0.382 e. The van der Waals surface area contributed by atoms with Crippen LogP contribution < -0.4 is 5.32 Å². The molecule has 0 fully saturated rings. The highest BCUT2D eigenvalue weighted by atomic mass is 16.5. The summed E-state index contributed by atoms with van der Waals surface area (Å²) in [6.07, 6.45) is 3.90. The Kier molecular flexibility index (Phi) is 7.23. The third kappa shape index (κ3) is 5.00. The number of fused-ring (bicyclic) bond motifs is 1. The van der Waals surface area contributed by atoms with Gasteiger partial charge < -0.3 is 15.0 Å². The molecule has 0 unspecified atom stereocenters. The molecule has 0 bridgehead atoms. The lowest BCUT2D eigenvalue weighted by Crippen LogP contribution is -2.36. The number of aromatic nitrogens is 2. The van der Waals surface area contributed by atoms with Gasteiger partial charge in [0, 0.05) is 51.2 Å². The minimum absolute atomic E-state index is 0.00213. The number of hydrogen-bond donors (Lipinski definition) is 1. The number of rotatable bonds is 9. The standard InChI is InChI=1S/C22H32N4O2/c1-4-28-14-8-13-23-18-11-12-20-19(15-18)21(24-26(20)3)22(27)25(2)16-17-9-6-5-7-10-17/h5-7,9-10,18,23H,4,8,11-16H2,1-3H3/t18-/m1/s1. The van der Waals surface area contributed by atoms with E-state index in [1.807, 2.05) is 56.0 Å². The second kappa shape index (κ2) is 9.85. The van der Waals surface area contributed by atoms with E-state index >= 15 is 0 Å². The van der Waals surface area contributed by atoms with E-state index in [2.05, 4.69) is 10.4 Å². The van der Waals surface area contributed by atoms with Crippen molar-refractivity contribution in [2.24, 2.45) is 7.05 Å². The van der Waals surface area contributed by atoms with Gasteiger partial charge in [-0.3, -0.25) is 9.48 Å². The highest BCUT2D eigenvalue weighted by Gasteiger charge is 2.29. The quantitative estimate of drug-likeness (QED) is 0.675. The smallest absolute Gasteiger partial charge is 0.274 e. The van der Waals surface area contributed by atoms with Crippen molar-refractivity contribution in [3.63, 3.8) is 0 Å². The number of carbonyl (C=O) groups excluding carboxylic acids is 1. The van der Waals surface area contributed by atoms with Gasteiger partial charge in [-0.1, -0.05) is 30.3 Å². The molecule has 1 aromatic carbocycles. The van der Waals surface area contributed by atoms with Gasteiger partial charge in [0.05, 0.1) is 0 Å². The van der Waals surface area contributed by atoms with Gasteiger partial charge in [0.1, 0.15) is 0 Å². The molecule has 0 spiro atoms. The van der Waals surface area contributed by atoms with Crippen LogP contribution in [0.3, 0.4) is 0 Å². The maximum absolute atomic E-state index is 13.1. The van der Waals surface area contributed by atoms with Gasteiger partial charge in [0.25, 0.3) is 5.91 Å². The first kappa shape index (κ1) is 20.6. The average Bonchev–Trinajstić information content (AvgIpc) is 3.04. The largest absolute Gasteiger partial charge is 0.382 e. The third-order valence-electron chi connectivity index (χ3n) is 5.37. The molecular formula is C22H32N4O2. The van der Waals surface area contributed by atoms with Crippen LogP contribution in [-0.4, -0.2) is 53.4 Å². The predicted molar refractivity (Wildman–Crippen MR) is 110 cm³/mol. The molecule has 1 aliphatic rings. The van der Waals surface area contributed by atoms with Crippen LogP contribution in [0.25, 0.3) is 0 Å². The van der Waals surface area contributed by atoms with Crippen LogP contribution >= 0.6 is 0 Å². The number of carbonyl (C=O) groups is 1. The van der Waals surface area contributed by atoms with Crippen LogP contribution in [-0.2, 0) is 31.2 Å². The van der Waals surface area contributed by atoms with Crippen molar-refractivity contribution in [2.75, 3.05) is 26.8 Å². The number of nitrogens with zero attached hydrogens (tertiary/aromatic N) is 3. The summed E-state index contributed by atoms with van der Waals surface area (Å²) >= 11 is 0. The van der Waals surface area contributed by atoms with E-state index in [0.29, 0.717) is 18.3 Å². The molecule has 0 radical (unpaired) electrons.